The predicted octanol–water partition coefficient (Wildman–Crippen LogP) is 1.64. The molecule has 0 radical (unpaired) electrons. The molecule has 0 spiro atoms. The first-order chi connectivity index (χ1) is 6.65. The van der Waals surface area contributed by atoms with Gasteiger partial charge in [-0.1, -0.05) is 19.1 Å². The van der Waals surface area contributed by atoms with Gasteiger partial charge in [-0.3, -0.25) is 0 Å². The number of halogens is 1. The second-order valence-electron chi connectivity index (χ2n) is 3.52. The number of hydrogen-bond donors (Lipinski definition) is 2. The molecule has 0 amide bonds. The highest BCUT2D eigenvalue weighted by atomic mass is 19.1. The summed E-state index contributed by atoms with van der Waals surface area (Å²) < 4.78 is 12.6. The smallest absolute Gasteiger partial charge is 0.123 e. The molecular formula is C11H16FNO. The zero-order valence-electron chi connectivity index (χ0n) is 8.28. The lowest BCUT2D eigenvalue weighted by Crippen LogP contribution is -2.27. The molecule has 1 rings (SSSR count). The Balaban J connectivity index is 2.68. The van der Waals surface area contributed by atoms with Crippen LogP contribution in [0.4, 0.5) is 4.39 Å². The maximum absolute atomic E-state index is 12.6. The van der Waals surface area contributed by atoms with Crippen molar-refractivity contribution in [2.45, 2.75) is 25.3 Å². The molecule has 3 N–H and O–H groups in total. The van der Waals surface area contributed by atoms with Gasteiger partial charge in [-0.15, -0.1) is 0 Å². The quantitative estimate of drug-likeness (QED) is 0.770. The molecule has 1 aromatic carbocycles. The fourth-order valence-electron chi connectivity index (χ4n) is 1.41. The second kappa shape index (κ2) is 5.08. The van der Waals surface area contributed by atoms with Gasteiger partial charge in [0.1, 0.15) is 5.82 Å². The molecule has 0 aliphatic heterocycles. The van der Waals surface area contributed by atoms with Gasteiger partial charge in [-0.05, 0) is 30.0 Å². The average Bonchev–Trinajstić information content (AvgIpc) is 2.18. The zero-order valence-corrected chi connectivity index (χ0v) is 8.28. The van der Waals surface area contributed by atoms with Gasteiger partial charge in [-0.25, -0.2) is 4.39 Å². The number of aliphatic hydroxyl groups excluding tert-OH is 1. The zero-order chi connectivity index (χ0) is 10.6. The average molecular weight is 197 g/mol. The van der Waals surface area contributed by atoms with Crippen molar-refractivity contribution in [3.63, 3.8) is 0 Å². The van der Waals surface area contributed by atoms with Crippen molar-refractivity contribution in [1.82, 2.24) is 0 Å². The lowest BCUT2D eigenvalue weighted by atomic mass is 9.92. The maximum Gasteiger partial charge on any atom is 0.123 e. The molecule has 14 heavy (non-hydrogen) atoms. The van der Waals surface area contributed by atoms with E-state index in [1.165, 1.54) is 12.1 Å². The number of benzene rings is 1. The monoisotopic (exact) mass is 197 g/mol. The number of aliphatic hydroxyl groups is 1. The van der Waals surface area contributed by atoms with E-state index >= 15 is 0 Å². The van der Waals surface area contributed by atoms with Crippen LogP contribution in [0, 0.1) is 5.82 Å². The molecule has 0 saturated heterocycles. The second-order valence-corrected chi connectivity index (χ2v) is 3.52. The molecule has 1 aromatic rings. The van der Waals surface area contributed by atoms with Crippen molar-refractivity contribution in [2.75, 3.05) is 6.61 Å². The van der Waals surface area contributed by atoms with Gasteiger partial charge in [0.2, 0.25) is 0 Å². The topological polar surface area (TPSA) is 46.2 Å². The van der Waals surface area contributed by atoms with E-state index in [9.17, 15) is 4.39 Å². The van der Waals surface area contributed by atoms with Crippen molar-refractivity contribution in [2.24, 2.45) is 5.73 Å². The summed E-state index contributed by atoms with van der Waals surface area (Å²) in [6, 6.07) is 6.24. The summed E-state index contributed by atoms with van der Waals surface area (Å²) in [7, 11) is 0. The first-order valence-electron chi connectivity index (χ1n) is 4.77. The van der Waals surface area contributed by atoms with Crippen LogP contribution in [0.2, 0.25) is 0 Å². The van der Waals surface area contributed by atoms with Gasteiger partial charge in [0.25, 0.3) is 0 Å². The van der Waals surface area contributed by atoms with Crippen LogP contribution in [-0.4, -0.2) is 17.8 Å². The van der Waals surface area contributed by atoms with Crippen molar-refractivity contribution in [1.29, 1.82) is 0 Å². The highest BCUT2D eigenvalue weighted by Crippen LogP contribution is 2.19. The molecule has 3 heteroatoms. The largest absolute Gasteiger partial charge is 0.396 e. The van der Waals surface area contributed by atoms with Gasteiger partial charge in [-0.2, -0.15) is 0 Å². The lowest BCUT2D eigenvalue weighted by molar-refractivity contribution is 0.269. The molecule has 0 saturated carbocycles. The first-order valence-corrected chi connectivity index (χ1v) is 4.77. The Kier molecular flexibility index (Phi) is 4.04. The summed E-state index contributed by atoms with van der Waals surface area (Å²) in [6.07, 6.45) is 0.568. The molecular weight excluding hydrogens is 181 g/mol. The minimum Gasteiger partial charge on any atom is -0.396 e. The van der Waals surface area contributed by atoms with E-state index in [-0.39, 0.29) is 24.4 Å². The lowest BCUT2D eigenvalue weighted by Gasteiger charge is -2.19. The Hall–Kier alpha value is -0.930. The van der Waals surface area contributed by atoms with Crippen molar-refractivity contribution in [3.8, 4) is 0 Å². The van der Waals surface area contributed by atoms with Crippen LogP contribution in [-0.2, 0) is 0 Å². The van der Waals surface area contributed by atoms with Crippen LogP contribution in [0.15, 0.2) is 24.3 Å². The van der Waals surface area contributed by atoms with E-state index in [4.69, 9.17) is 10.8 Å². The minimum absolute atomic E-state index is 0.0783. The highest BCUT2D eigenvalue weighted by molar-refractivity contribution is 5.21. The normalized spacial score (nSPS) is 15.1. The van der Waals surface area contributed by atoms with Gasteiger partial charge in [0.15, 0.2) is 0 Å². The van der Waals surface area contributed by atoms with E-state index in [0.717, 1.165) is 5.56 Å². The number of nitrogens with two attached hydrogens (primary N) is 1. The standard InChI is InChI=1S/C11H16FNO/c1-8(11(13)6-7-14)9-2-4-10(12)5-3-9/h2-5,8,11,14H,6-7,13H2,1H3. The Labute approximate surface area is 83.6 Å². The minimum atomic E-state index is -0.239. The molecule has 2 atom stereocenters. The van der Waals surface area contributed by atoms with E-state index in [2.05, 4.69) is 0 Å². The predicted molar refractivity (Wildman–Crippen MR) is 54.5 cm³/mol. The summed E-state index contributed by atoms with van der Waals surface area (Å²) in [5, 5.41) is 8.74. The molecule has 0 bridgehead atoms. The Morgan fingerprint density at radius 2 is 1.93 bits per heavy atom. The number of rotatable bonds is 4. The first kappa shape index (κ1) is 11.1. The Bertz CT molecular complexity index is 273. The Morgan fingerprint density at radius 3 is 2.43 bits per heavy atom. The van der Waals surface area contributed by atoms with Gasteiger partial charge in [0, 0.05) is 12.6 Å². The van der Waals surface area contributed by atoms with Crippen LogP contribution in [0.3, 0.4) is 0 Å². The third-order valence-corrected chi connectivity index (χ3v) is 2.50. The SMILES string of the molecule is CC(c1ccc(F)cc1)C(N)CCO. The maximum atomic E-state index is 12.6. The Morgan fingerprint density at radius 1 is 1.36 bits per heavy atom. The summed E-state index contributed by atoms with van der Waals surface area (Å²) in [6.45, 7) is 2.07. The van der Waals surface area contributed by atoms with Gasteiger partial charge in [0.05, 0.1) is 0 Å². The molecule has 0 aliphatic rings. The van der Waals surface area contributed by atoms with E-state index in [1.807, 2.05) is 6.92 Å². The molecule has 2 nitrogen and oxygen atoms in total. The summed E-state index contributed by atoms with van der Waals surface area (Å²) in [5.74, 6) is -0.0978. The van der Waals surface area contributed by atoms with Crippen LogP contribution < -0.4 is 5.73 Å². The molecule has 2 unspecified atom stereocenters. The van der Waals surface area contributed by atoms with E-state index < -0.39 is 0 Å². The van der Waals surface area contributed by atoms with Gasteiger partial charge >= 0.3 is 0 Å². The number of hydrogen-bond acceptors (Lipinski definition) is 2. The summed E-state index contributed by atoms with van der Waals surface area (Å²) >= 11 is 0. The van der Waals surface area contributed by atoms with Crippen LogP contribution >= 0.6 is 0 Å². The fraction of sp³-hybridized carbons (Fsp3) is 0.455. The van der Waals surface area contributed by atoms with Gasteiger partial charge < -0.3 is 10.8 Å². The molecule has 78 valence electrons. The van der Waals surface area contributed by atoms with Crippen LogP contribution in [0.25, 0.3) is 0 Å². The molecule has 0 heterocycles. The fourth-order valence-corrected chi connectivity index (χ4v) is 1.41. The van der Waals surface area contributed by atoms with Crippen LogP contribution in [0.1, 0.15) is 24.8 Å². The molecule has 0 fully saturated rings. The highest BCUT2D eigenvalue weighted by Gasteiger charge is 2.13. The summed E-state index contributed by atoms with van der Waals surface area (Å²) in [4.78, 5) is 0. The van der Waals surface area contributed by atoms with E-state index in [0.29, 0.717) is 6.42 Å². The van der Waals surface area contributed by atoms with Crippen LogP contribution in [0.5, 0.6) is 0 Å². The van der Waals surface area contributed by atoms with E-state index in [1.54, 1.807) is 12.1 Å². The third-order valence-electron chi connectivity index (χ3n) is 2.50. The van der Waals surface area contributed by atoms with Crippen molar-refractivity contribution in [3.05, 3.63) is 35.6 Å². The van der Waals surface area contributed by atoms with Crippen molar-refractivity contribution < 1.29 is 9.50 Å². The molecule has 0 aliphatic carbocycles. The van der Waals surface area contributed by atoms with Crippen molar-refractivity contribution >= 4 is 0 Å². The molecule has 0 aromatic heterocycles. The summed E-state index contributed by atoms with van der Waals surface area (Å²) in [5.41, 5.74) is 6.85. The third kappa shape index (κ3) is 2.79.